The summed E-state index contributed by atoms with van der Waals surface area (Å²) in [5.74, 6) is -0.577. The van der Waals surface area contributed by atoms with Gasteiger partial charge in [0.2, 0.25) is 5.78 Å². The third-order valence-corrected chi connectivity index (χ3v) is 4.54. The molecule has 6 nitrogen and oxygen atoms in total. The van der Waals surface area contributed by atoms with Crippen LogP contribution in [0.3, 0.4) is 0 Å². The monoisotopic (exact) mass is 348 g/mol. The van der Waals surface area contributed by atoms with Crippen molar-refractivity contribution in [3.05, 3.63) is 65.5 Å². The molecule has 1 aliphatic carbocycles. The maximum Gasteiger partial charge on any atom is 0.253 e. The molecule has 1 aromatic heterocycles. The molecule has 1 amide bonds. The highest BCUT2D eigenvalue weighted by Gasteiger charge is 2.27. The van der Waals surface area contributed by atoms with Crippen LogP contribution in [0.15, 0.2) is 48.7 Å². The van der Waals surface area contributed by atoms with Gasteiger partial charge < -0.3 is 15.5 Å². The molecule has 6 heteroatoms. The number of aliphatic hydroxyl groups is 2. The normalized spacial score (nSPS) is 13.4. The van der Waals surface area contributed by atoms with Crippen molar-refractivity contribution in [1.29, 1.82) is 0 Å². The van der Waals surface area contributed by atoms with Gasteiger partial charge in [-0.15, -0.1) is 0 Å². The zero-order valence-electron chi connectivity index (χ0n) is 13.8. The molecule has 130 valence electrons. The smallest absolute Gasteiger partial charge is 0.253 e. The third kappa shape index (κ3) is 2.47. The molecule has 3 aromatic rings. The van der Waals surface area contributed by atoms with Crippen LogP contribution in [0.2, 0.25) is 0 Å². The number of hydrogen-bond donors (Lipinski definition) is 3. The molecule has 0 saturated heterocycles. The summed E-state index contributed by atoms with van der Waals surface area (Å²) in [6.07, 6.45) is 0.355. The minimum atomic E-state index is -1.03. The Kier molecular flexibility index (Phi) is 3.99. The lowest BCUT2D eigenvalue weighted by Crippen LogP contribution is -2.34. The molecule has 0 radical (unpaired) electrons. The first-order chi connectivity index (χ1) is 12.6. The van der Waals surface area contributed by atoms with E-state index in [9.17, 15) is 14.7 Å². The Balaban J connectivity index is 1.87. The highest BCUT2D eigenvalue weighted by atomic mass is 16.3. The zero-order valence-corrected chi connectivity index (χ0v) is 13.8. The van der Waals surface area contributed by atoms with Crippen LogP contribution in [0.1, 0.15) is 26.4 Å². The Morgan fingerprint density at radius 2 is 1.81 bits per heavy atom. The largest absolute Gasteiger partial charge is 0.394 e. The van der Waals surface area contributed by atoms with Crippen molar-refractivity contribution in [2.24, 2.45) is 0 Å². The van der Waals surface area contributed by atoms with Gasteiger partial charge in [0.05, 0.1) is 18.3 Å². The molecule has 0 saturated carbocycles. The molecule has 0 bridgehead atoms. The van der Waals surface area contributed by atoms with E-state index in [0.29, 0.717) is 27.6 Å². The number of ketones is 1. The Labute approximate surface area is 149 Å². The summed E-state index contributed by atoms with van der Waals surface area (Å²) < 4.78 is 0. The lowest BCUT2D eigenvalue weighted by Gasteiger charge is -2.20. The van der Waals surface area contributed by atoms with Crippen LogP contribution in [0.4, 0.5) is 0 Å². The summed E-state index contributed by atoms with van der Waals surface area (Å²) in [5.41, 5.74) is 2.95. The first-order valence-electron chi connectivity index (χ1n) is 8.24. The Morgan fingerprint density at radius 3 is 2.58 bits per heavy atom. The number of carbonyl (C=O) groups is 2. The molecule has 2 aromatic carbocycles. The van der Waals surface area contributed by atoms with Gasteiger partial charge in [0.25, 0.3) is 5.91 Å². The highest BCUT2D eigenvalue weighted by molar-refractivity contribution is 6.26. The molecule has 1 heterocycles. The number of fused-ring (bicyclic) bond motifs is 2. The molecule has 4 rings (SSSR count). The lowest BCUT2D eigenvalue weighted by molar-refractivity contribution is 0.0802. The van der Waals surface area contributed by atoms with E-state index in [1.54, 1.807) is 12.1 Å². The van der Waals surface area contributed by atoms with Gasteiger partial charge in [0, 0.05) is 23.7 Å². The van der Waals surface area contributed by atoms with Gasteiger partial charge >= 0.3 is 0 Å². The Hall–Kier alpha value is -3.09. The first-order valence-corrected chi connectivity index (χ1v) is 8.24. The number of pyridine rings is 1. The SMILES string of the molecule is O=C(NC[C@H](O)CO)c1cnc2c3c(cccc13)-c1ccccc1C2=O. The number of carbonyl (C=O) groups excluding carboxylic acids is 2. The van der Waals surface area contributed by atoms with Crippen LogP contribution in [0.25, 0.3) is 21.9 Å². The summed E-state index contributed by atoms with van der Waals surface area (Å²) >= 11 is 0. The average Bonchev–Trinajstić information content (AvgIpc) is 2.69. The van der Waals surface area contributed by atoms with E-state index >= 15 is 0 Å². The molecular weight excluding hydrogens is 332 g/mol. The maximum atomic E-state index is 12.8. The van der Waals surface area contributed by atoms with Gasteiger partial charge in [0.1, 0.15) is 5.69 Å². The summed E-state index contributed by atoms with van der Waals surface area (Å²) in [7, 11) is 0. The number of amides is 1. The second-order valence-electron chi connectivity index (χ2n) is 6.17. The number of nitrogens with zero attached hydrogens (tertiary/aromatic N) is 1. The van der Waals surface area contributed by atoms with Crippen molar-refractivity contribution in [3.63, 3.8) is 0 Å². The zero-order chi connectivity index (χ0) is 18.3. The third-order valence-electron chi connectivity index (χ3n) is 4.54. The van der Waals surface area contributed by atoms with Crippen LogP contribution in [0.5, 0.6) is 0 Å². The minimum Gasteiger partial charge on any atom is -0.394 e. The molecule has 26 heavy (non-hydrogen) atoms. The number of benzene rings is 2. The number of rotatable bonds is 4. The Bertz CT molecular complexity index is 1050. The summed E-state index contributed by atoms with van der Waals surface area (Å²) in [4.78, 5) is 29.6. The molecule has 0 aliphatic heterocycles. The van der Waals surface area contributed by atoms with E-state index in [0.717, 1.165) is 11.1 Å². The minimum absolute atomic E-state index is 0.0694. The second kappa shape index (κ2) is 6.33. The number of nitrogens with one attached hydrogen (secondary N) is 1. The first kappa shape index (κ1) is 16.4. The summed E-state index contributed by atoms with van der Waals surface area (Å²) in [6.45, 7) is -0.506. The van der Waals surface area contributed by atoms with Crippen LogP contribution in [-0.4, -0.2) is 46.1 Å². The molecule has 3 N–H and O–H groups in total. The number of hydrogen-bond acceptors (Lipinski definition) is 5. The van der Waals surface area contributed by atoms with Gasteiger partial charge in [-0.3, -0.25) is 14.6 Å². The maximum absolute atomic E-state index is 12.8. The van der Waals surface area contributed by atoms with E-state index in [2.05, 4.69) is 10.3 Å². The fourth-order valence-electron chi connectivity index (χ4n) is 3.29. The van der Waals surface area contributed by atoms with E-state index in [-0.39, 0.29) is 12.3 Å². The van der Waals surface area contributed by atoms with E-state index in [4.69, 9.17) is 5.11 Å². The average molecular weight is 348 g/mol. The van der Waals surface area contributed by atoms with Crippen LogP contribution >= 0.6 is 0 Å². The standard InChI is InChI=1S/C20H16N2O4/c23-10-11(24)8-22-20(26)16-9-21-18-17-13(6-3-7-14(16)17)12-4-1-2-5-15(12)19(18)25/h1-7,9,11,23-24H,8,10H2,(H,22,26)/t11-/m0/s1. The molecule has 1 aliphatic rings. The van der Waals surface area contributed by atoms with Crippen molar-refractivity contribution < 1.29 is 19.8 Å². The van der Waals surface area contributed by atoms with Gasteiger partial charge in [-0.1, -0.05) is 42.5 Å². The van der Waals surface area contributed by atoms with Gasteiger partial charge in [-0.2, -0.15) is 0 Å². The lowest BCUT2D eigenvalue weighted by atomic mass is 9.84. The van der Waals surface area contributed by atoms with E-state index < -0.39 is 18.6 Å². The summed E-state index contributed by atoms with van der Waals surface area (Å²) in [5, 5.41) is 22.2. The number of aromatic nitrogens is 1. The molecule has 0 spiro atoms. The van der Waals surface area contributed by atoms with Crippen molar-refractivity contribution in [1.82, 2.24) is 10.3 Å². The van der Waals surface area contributed by atoms with Crippen molar-refractivity contribution in [2.45, 2.75) is 6.10 Å². The summed E-state index contributed by atoms with van der Waals surface area (Å²) in [6, 6.07) is 12.9. The Morgan fingerprint density at radius 1 is 1.08 bits per heavy atom. The molecule has 0 unspecified atom stereocenters. The van der Waals surface area contributed by atoms with Crippen LogP contribution in [-0.2, 0) is 0 Å². The van der Waals surface area contributed by atoms with Gasteiger partial charge in [-0.05, 0) is 16.5 Å². The predicted molar refractivity (Wildman–Crippen MR) is 96.0 cm³/mol. The van der Waals surface area contributed by atoms with Crippen LogP contribution in [0, 0.1) is 0 Å². The number of aliphatic hydroxyl groups excluding tert-OH is 2. The van der Waals surface area contributed by atoms with E-state index in [1.807, 2.05) is 30.3 Å². The topological polar surface area (TPSA) is 99.5 Å². The van der Waals surface area contributed by atoms with Gasteiger partial charge in [0.15, 0.2) is 0 Å². The van der Waals surface area contributed by atoms with Crippen LogP contribution < -0.4 is 5.32 Å². The van der Waals surface area contributed by atoms with E-state index in [1.165, 1.54) is 6.20 Å². The fraction of sp³-hybridized carbons (Fsp3) is 0.150. The van der Waals surface area contributed by atoms with Crippen molar-refractivity contribution in [2.75, 3.05) is 13.2 Å². The highest BCUT2D eigenvalue weighted by Crippen LogP contribution is 2.39. The molecule has 1 atom stereocenters. The quantitative estimate of drug-likeness (QED) is 0.519. The second-order valence-corrected chi connectivity index (χ2v) is 6.17. The van der Waals surface area contributed by atoms with Gasteiger partial charge in [-0.25, -0.2) is 0 Å². The predicted octanol–water partition coefficient (Wildman–Crippen LogP) is 1.53. The molecular formula is C20H16N2O4. The fourth-order valence-corrected chi connectivity index (χ4v) is 3.29. The van der Waals surface area contributed by atoms with Crippen molar-refractivity contribution in [3.8, 4) is 11.1 Å². The molecule has 0 fully saturated rings. The van der Waals surface area contributed by atoms with Crippen molar-refractivity contribution >= 4 is 22.5 Å².